The highest BCUT2D eigenvalue weighted by Crippen LogP contribution is 2.28. The molecule has 0 atom stereocenters. The summed E-state index contributed by atoms with van der Waals surface area (Å²) in [5, 5.41) is 10.7. The molecule has 0 saturated carbocycles. The highest BCUT2D eigenvalue weighted by molar-refractivity contribution is 6.32. The summed E-state index contributed by atoms with van der Waals surface area (Å²) in [4.78, 5) is 30.5. The highest BCUT2D eigenvalue weighted by Gasteiger charge is 2.23. The number of carbonyl (C=O) groups excluding carboxylic acids is 2. The minimum atomic E-state index is -0.536. The Morgan fingerprint density at radius 2 is 2.00 bits per heavy atom. The van der Waals surface area contributed by atoms with E-state index in [2.05, 4.69) is 27.3 Å². The molecule has 2 heterocycles. The van der Waals surface area contributed by atoms with Crippen LogP contribution in [0, 0.1) is 12.8 Å². The minimum absolute atomic E-state index is 0.113. The molecular weight excluding hydrogens is 477 g/mol. The minimum Gasteiger partial charge on any atom is -0.472 e. The van der Waals surface area contributed by atoms with Crippen molar-refractivity contribution in [3.63, 3.8) is 0 Å². The van der Waals surface area contributed by atoms with Crippen molar-refractivity contribution in [2.45, 2.75) is 20.8 Å². The van der Waals surface area contributed by atoms with Gasteiger partial charge in [-0.1, -0.05) is 49.7 Å². The topological polar surface area (TPSA) is 98.1 Å². The number of pyridine rings is 1. The number of amides is 2. The van der Waals surface area contributed by atoms with Crippen LogP contribution >= 0.6 is 23.2 Å². The lowest BCUT2D eigenvalue weighted by atomic mass is 10.1. The SMILES string of the molecule is C=CCOc1cc(C(=O)Nc2c(C)cc(Cl)cc2C(=O)NCC(C)C)n(-c2ncccc2Cl)n1. The Labute approximate surface area is 207 Å². The van der Waals surface area contributed by atoms with E-state index in [0.29, 0.717) is 27.8 Å². The van der Waals surface area contributed by atoms with Crippen molar-refractivity contribution < 1.29 is 14.3 Å². The number of aromatic nitrogens is 3. The van der Waals surface area contributed by atoms with E-state index in [0.717, 1.165) is 0 Å². The highest BCUT2D eigenvalue weighted by atomic mass is 35.5. The number of nitrogens with zero attached hydrogens (tertiary/aromatic N) is 3. The summed E-state index contributed by atoms with van der Waals surface area (Å²) in [5.74, 6) is -0.175. The van der Waals surface area contributed by atoms with Crippen molar-refractivity contribution in [1.29, 1.82) is 0 Å². The molecule has 0 bridgehead atoms. The molecular formula is C24H25Cl2N5O3. The average molecular weight is 502 g/mol. The molecule has 0 fully saturated rings. The van der Waals surface area contributed by atoms with Crippen molar-refractivity contribution in [3.05, 3.63) is 76.0 Å². The Kier molecular flexibility index (Phi) is 8.31. The van der Waals surface area contributed by atoms with Crippen molar-refractivity contribution in [3.8, 4) is 11.7 Å². The third kappa shape index (κ3) is 5.95. The fourth-order valence-electron chi connectivity index (χ4n) is 3.09. The lowest BCUT2D eigenvalue weighted by molar-refractivity contribution is 0.0950. The zero-order valence-corrected chi connectivity index (χ0v) is 20.6. The number of nitrogens with one attached hydrogen (secondary N) is 2. The van der Waals surface area contributed by atoms with Crippen LogP contribution in [0.1, 0.15) is 40.3 Å². The van der Waals surface area contributed by atoms with E-state index in [1.165, 1.54) is 23.0 Å². The number of carbonyl (C=O) groups is 2. The number of benzene rings is 1. The van der Waals surface area contributed by atoms with E-state index in [1.54, 1.807) is 31.2 Å². The fraction of sp³-hybridized carbons (Fsp3) is 0.250. The van der Waals surface area contributed by atoms with Crippen LogP contribution in [0.4, 0.5) is 5.69 Å². The Morgan fingerprint density at radius 1 is 1.24 bits per heavy atom. The van der Waals surface area contributed by atoms with Crippen LogP contribution in [0.5, 0.6) is 5.88 Å². The maximum Gasteiger partial charge on any atom is 0.274 e. The van der Waals surface area contributed by atoms with E-state index in [4.69, 9.17) is 27.9 Å². The van der Waals surface area contributed by atoms with E-state index in [1.807, 2.05) is 13.8 Å². The number of hydrogen-bond acceptors (Lipinski definition) is 5. The number of ether oxygens (including phenoxy) is 1. The molecule has 0 saturated heterocycles. The van der Waals surface area contributed by atoms with E-state index >= 15 is 0 Å². The van der Waals surface area contributed by atoms with Gasteiger partial charge in [-0.15, -0.1) is 5.10 Å². The summed E-state index contributed by atoms with van der Waals surface area (Å²) in [7, 11) is 0. The molecule has 178 valence electrons. The van der Waals surface area contributed by atoms with Gasteiger partial charge in [0.25, 0.3) is 11.8 Å². The molecule has 0 unspecified atom stereocenters. The number of anilines is 1. The second-order valence-corrected chi connectivity index (χ2v) is 8.74. The van der Waals surface area contributed by atoms with E-state index in [-0.39, 0.29) is 41.4 Å². The van der Waals surface area contributed by atoms with Gasteiger partial charge in [-0.2, -0.15) is 0 Å². The van der Waals surface area contributed by atoms with Crippen LogP contribution in [0.2, 0.25) is 10.0 Å². The van der Waals surface area contributed by atoms with Gasteiger partial charge < -0.3 is 15.4 Å². The van der Waals surface area contributed by atoms with Gasteiger partial charge in [-0.3, -0.25) is 9.59 Å². The first-order valence-corrected chi connectivity index (χ1v) is 11.3. The summed E-state index contributed by atoms with van der Waals surface area (Å²) >= 11 is 12.5. The summed E-state index contributed by atoms with van der Waals surface area (Å²) in [5.41, 5.74) is 1.33. The molecule has 0 aliphatic carbocycles. The van der Waals surface area contributed by atoms with Gasteiger partial charge in [0.05, 0.1) is 16.3 Å². The summed E-state index contributed by atoms with van der Waals surface area (Å²) in [6, 6.07) is 7.96. The number of hydrogen-bond donors (Lipinski definition) is 2. The van der Waals surface area contributed by atoms with Crippen molar-refractivity contribution in [2.24, 2.45) is 5.92 Å². The van der Waals surface area contributed by atoms with Gasteiger partial charge in [0, 0.05) is 23.8 Å². The van der Waals surface area contributed by atoms with E-state index in [9.17, 15) is 9.59 Å². The maximum absolute atomic E-state index is 13.4. The normalized spacial score (nSPS) is 10.8. The largest absolute Gasteiger partial charge is 0.472 e. The Morgan fingerprint density at radius 3 is 2.68 bits per heavy atom. The predicted octanol–water partition coefficient (Wildman–Crippen LogP) is 5.09. The first-order chi connectivity index (χ1) is 16.2. The van der Waals surface area contributed by atoms with Gasteiger partial charge in [0.2, 0.25) is 5.88 Å². The van der Waals surface area contributed by atoms with Crippen LogP contribution in [0.15, 0.2) is 49.2 Å². The molecule has 0 radical (unpaired) electrons. The second kappa shape index (κ2) is 11.2. The summed E-state index contributed by atoms with van der Waals surface area (Å²) in [6.07, 6.45) is 3.10. The van der Waals surface area contributed by atoms with Crippen LogP contribution in [-0.4, -0.2) is 39.7 Å². The number of halogens is 2. The van der Waals surface area contributed by atoms with Gasteiger partial charge in [0.1, 0.15) is 12.3 Å². The Hall–Kier alpha value is -3.36. The Balaban J connectivity index is 2.01. The molecule has 34 heavy (non-hydrogen) atoms. The average Bonchev–Trinajstić information content (AvgIpc) is 3.22. The van der Waals surface area contributed by atoms with Gasteiger partial charge in [-0.05, 0) is 42.7 Å². The van der Waals surface area contributed by atoms with E-state index < -0.39 is 5.91 Å². The van der Waals surface area contributed by atoms with Crippen LogP contribution < -0.4 is 15.4 Å². The monoisotopic (exact) mass is 501 g/mol. The zero-order valence-electron chi connectivity index (χ0n) is 19.1. The summed E-state index contributed by atoms with van der Waals surface area (Å²) in [6.45, 7) is 10.0. The smallest absolute Gasteiger partial charge is 0.274 e. The molecule has 2 amide bonds. The molecule has 8 nitrogen and oxygen atoms in total. The maximum atomic E-state index is 13.4. The number of rotatable bonds is 9. The third-order valence-electron chi connectivity index (χ3n) is 4.66. The molecule has 10 heteroatoms. The van der Waals surface area contributed by atoms with Crippen LogP contribution in [-0.2, 0) is 0 Å². The predicted molar refractivity (Wildman–Crippen MR) is 133 cm³/mol. The molecule has 2 N–H and O–H groups in total. The molecule has 1 aromatic carbocycles. The van der Waals surface area contributed by atoms with Gasteiger partial charge in [-0.25, -0.2) is 9.67 Å². The van der Waals surface area contributed by atoms with Crippen molar-refractivity contribution in [2.75, 3.05) is 18.5 Å². The lowest BCUT2D eigenvalue weighted by Crippen LogP contribution is -2.29. The van der Waals surface area contributed by atoms with Gasteiger partial charge in [0.15, 0.2) is 5.82 Å². The molecule has 3 rings (SSSR count). The lowest BCUT2D eigenvalue weighted by Gasteiger charge is -2.16. The van der Waals surface area contributed by atoms with Crippen molar-refractivity contribution >= 4 is 40.7 Å². The third-order valence-corrected chi connectivity index (χ3v) is 5.18. The first kappa shape index (κ1) is 25.3. The van der Waals surface area contributed by atoms with Gasteiger partial charge >= 0.3 is 0 Å². The number of aryl methyl sites for hydroxylation is 1. The molecule has 0 spiro atoms. The standard InChI is InChI=1S/C24H25Cl2N5O3/c1-5-9-34-20-12-19(31(30-20)22-18(26)7-6-8-27-22)24(33)29-21-15(4)10-16(25)11-17(21)23(32)28-13-14(2)3/h5-8,10-12,14H,1,9,13H2,2-4H3,(H,28,32)(H,29,33). The first-order valence-electron chi connectivity index (χ1n) is 10.6. The van der Waals surface area contributed by atoms with Crippen LogP contribution in [0.25, 0.3) is 5.82 Å². The molecule has 3 aromatic rings. The second-order valence-electron chi connectivity index (χ2n) is 7.89. The molecule has 0 aliphatic heterocycles. The zero-order chi connectivity index (χ0) is 24.8. The molecule has 2 aromatic heterocycles. The van der Waals surface area contributed by atoms with Crippen molar-refractivity contribution in [1.82, 2.24) is 20.1 Å². The van der Waals surface area contributed by atoms with Crippen LogP contribution in [0.3, 0.4) is 0 Å². The molecule has 0 aliphatic rings. The summed E-state index contributed by atoms with van der Waals surface area (Å²) < 4.78 is 6.80. The Bertz CT molecular complexity index is 1220. The quantitative estimate of drug-likeness (QED) is 0.398. The fourth-order valence-corrected chi connectivity index (χ4v) is 3.56.